The Balaban J connectivity index is 2.01. The van der Waals surface area contributed by atoms with Crippen LogP contribution < -0.4 is 0 Å². The largest absolute Gasteiger partial charge is 0.344 e. The molecule has 0 amide bonds. The first-order valence-electron chi connectivity index (χ1n) is 6.70. The lowest BCUT2D eigenvalue weighted by Gasteiger charge is -2.22. The highest BCUT2D eigenvalue weighted by atomic mass is 35.8. The van der Waals surface area contributed by atoms with Crippen molar-refractivity contribution in [2.75, 3.05) is 0 Å². The van der Waals surface area contributed by atoms with Crippen molar-refractivity contribution in [1.29, 1.82) is 0 Å². The first kappa shape index (κ1) is 15.9. The highest BCUT2D eigenvalue weighted by molar-refractivity contribution is 7.65. The summed E-state index contributed by atoms with van der Waals surface area (Å²) >= 11 is 18.9. The fraction of sp³-hybridized carbons (Fsp3) is 0.250. The van der Waals surface area contributed by atoms with Gasteiger partial charge < -0.3 is 0 Å². The summed E-state index contributed by atoms with van der Waals surface area (Å²) in [6.45, 7) is 0. The summed E-state index contributed by atoms with van der Waals surface area (Å²) in [6.07, 6.45) is 2.72. The zero-order chi connectivity index (χ0) is 14.4. The molecule has 0 aromatic heterocycles. The molecule has 0 N–H and O–H groups in total. The van der Waals surface area contributed by atoms with Crippen molar-refractivity contribution >= 4 is 39.2 Å². The minimum Gasteiger partial charge on any atom is -0.126 e. The number of hydrogen-bond acceptors (Lipinski definition) is 0. The summed E-state index contributed by atoms with van der Waals surface area (Å²) < 4.78 is 0. The molecule has 0 radical (unpaired) electrons. The van der Waals surface area contributed by atoms with Crippen LogP contribution in [0.15, 0.2) is 60.7 Å². The van der Waals surface area contributed by atoms with Gasteiger partial charge in [-0.3, -0.25) is 0 Å². The van der Waals surface area contributed by atoms with E-state index in [9.17, 15) is 0 Å². The standard InChI is InChI=1S/C16H17Cl3Si/c17-20(18,19)16(13-15-9-5-2-6-10-15)12-11-14-7-3-1-4-8-14/h1-10,16H,11-13H2. The van der Waals surface area contributed by atoms with Crippen molar-refractivity contribution in [3.8, 4) is 0 Å². The first-order valence-corrected chi connectivity index (χ1v) is 11.8. The number of rotatable bonds is 6. The van der Waals surface area contributed by atoms with E-state index in [-0.39, 0.29) is 5.54 Å². The molecule has 0 aliphatic heterocycles. The molecular formula is C16H17Cl3Si. The first-order chi connectivity index (χ1) is 9.55. The molecule has 2 rings (SSSR count). The van der Waals surface area contributed by atoms with Gasteiger partial charge in [0.05, 0.1) is 0 Å². The van der Waals surface area contributed by atoms with E-state index in [0.717, 1.165) is 19.3 Å². The minimum absolute atomic E-state index is 0.148. The topological polar surface area (TPSA) is 0 Å². The zero-order valence-corrected chi connectivity index (χ0v) is 14.4. The van der Waals surface area contributed by atoms with Crippen LogP contribution in [0.2, 0.25) is 5.54 Å². The maximum Gasteiger partial charge on any atom is 0.344 e. The summed E-state index contributed by atoms with van der Waals surface area (Å²) in [7, 11) is 0. The molecule has 0 saturated carbocycles. The van der Waals surface area contributed by atoms with E-state index in [1.807, 2.05) is 36.4 Å². The Morgan fingerprint density at radius 1 is 0.750 bits per heavy atom. The van der Waals surface area contributed by atoms with Gasteiger partial charge in [-0.25, -0.2) is 0 Å². The van der Waals surface area contributed by atoms with Gasteiger partial charge in [0, 0.05) is 0 Å². The van der Waals surface area contributed by atoms with Gasteiger partial charge in [-0.05, 0) is 35.9 Å². The third-order valence-corrected chi connectivity index (χ3v) is 7.61. The smallest absolute Gasteiger partial charge is 0.126 e. The lowest BCUT2D eigenvalue weighted by Crippen LogP contribution is -2.22. The molecule has 0 heterocycles. The van der Waals surface area contributed by atoms with Crippen LogP contribution in [0.3, 0.4) is 0 Å². The van der Waals surface area contributed by atoms with Gasteiger partial charge in [0.25, 0.3) is 0 Å². The predicted octanol–water partition coefficient (Wildman–Crippen LogP) is 5.89. The van der Waals surface area contributed by atoms with Crippen LogP contribution in [0.25, 0.3) is 0 Å². The molecule has 106 valence electrons. The molecular weight excluding hydrogens is 327 g/mol. The molecule has 0 aliphatic carbocycles. The van der Waals surface area contributed by atoms with E-state index < -0.39 is 6.00 Å². The lowest BCUT2D eigenvalue weighted by atomic mass is 10.0. The van der Waals surface area contributed by atoms with Crippen LogP contribution >= 0.6 is 33.2 Å². The second kappa shape index (κ2) is 7.51. The van der Waals surface area contributed by atoms with Gasteiger partial charge in [-0.1, -0.05) is 60.7 Å². The van der Waals surface area contributed by atoms with Crippen molar-refractivity contribution in [2.45, 2.75) is 24.8 Å². The van der Waals surface area contributed by atoms with E-state index in [1.54, 1.807) is 0 Å². The fourth-order valence-corrected chi connectivity index (χ4v) is 4.88. The van der Waals surface area contributed by atoms with Crippen LogP contribution in [-0.4, -0.2) is 6.00 Å². The van der Waals surface area contributed by atoms with Crippen LogP contribution in [0.4, 0.5) is 0 Å². The summed E-state index contributed by atoms with van der Waals surface area (Å²) in [5.41, 5.74) is 2.69. The minimum atomic E-state index is -2.71. The van der Waals surface area contributed by atoms with Gasteiger partial charge in [0.1, 0.15) is 0 Å². The van der Waals surface area contributed by atoms with Crippen molar-refractivity contribution in [2.24, 2.45) is 0 Å². The SMILES string of the molecule is Cl[Si](Cl)(Cl)C(CCc1ccccc1)Cc1ccccc1. The molecule has 0 fully saturated rings. The zero-order valence-electron chi connectivity index (χ0n) is 11.1. The van der Waals surface area contributed by atoms with E-state index in [0.29, 0.717) is 0 Å². The normalized spacial score (nSPS) is 13.2. The number of hydrogen-bond donors (Lipinski definition) is 0. The summed E-state index contributed by atoms with van der Waals surface area (Å²) in [5, 5.41) is 0. The molecule has 0 spiro atoms. The molecule has 1 atom stereocenters. The highest BCUT2D eigenvalue weighted by Gasteiger charge is 2.36. The monoisotopic (exact) mass is 342 g/mol. The van der Waals surface area contributed by atoms with E-state index in [2.05, 4.69) is 24.3 Å². The molecule has 4 heteroatoms. The molecule has 0 aliphatic rings. The number of halogens is 3. The van der Waals surface area contributed by atoms with Gasteiger partial charge in [-0.15, -0.1) is 33.2 Å². The van der Waals surface area contributed by atoms with Crippen molar-refractivity contribution in [3.05, 3.63) is 71.8 Å². The van der Waals surface area contributed by atoms with Crippen LogP contribution in [-0.2, 0) is 12.8 Å². The lowest BCUT2D eigenvalue weighted by molar-refractivity contribution is 0.724. The number of aryl methyl sites for hydroxylation is 1. The van der Waals surface area contributed by atoms with E-state index in [4.69, 9.17) is 33.2 Å². The Morgan fingerprint density at radius 2 is 1.25 bits per heavy atom. The Bertz CT molecular complexity index is 508. The van der Waals surface area contributed by atoms with Gasteiger partial charge >= 0.3 is 6.00 Å². The fourth-order valence-electron chi connectivity index (χ4n) is 2.27. The molecule has 2 aromatic rings. The quantitative estimate of drug-likeness (QED) is 0.453. The highest BCUT2D eigenvalue weighted by Crippen LogP contribution is 2.39. The number of benzene rings is 2. The molecule has 0 bridgehead atoms. The van der Waals surface area contributed by atoms with Crippen molar-refractivity contribution in [1.82, 2.24) is 0 Å². The van der Waals surface area contributed by atoms with Gasteiger partial charge in [0.2, 0.25) is 0 Å². The summed E-state index contributed by atoms with van der Waals surface area (Å²) in [6, 6.07) is 17.9. The average molecular weight is 344 g/mol. The molecule has 1 unspecified atom stereocenters. The Kier molecular flexibility index (Phi) is 5.97. The Morgan fingerprint density at radius 3 is 1.75 bits per heavy atom. The average Bonchev–Trinajstić information content (AvgIpc) is 2.44. The third kappa shape index (κ3) is 5.14. The van der Waals surface area contributed by atoms with E-state index in [1.165, 1.54) is 11.1 Å². The second-order valence-electron chi connectivity index (χ2n) is 4.95. The Hall–Kier alpha value is -0.473. The van der Waals surface area contributed by atoms with E-state index >= 15 is 0 Å². The van der Waals surface area contributed by atoms with Crippen LogP contribution in [0.1, 0.15) is 17.5 Å². The second-order valence-corrected chi connectivity index (χ2v) is 14.0. The summed E-state index contributed by atoms with van der Waals surface area (Å²) in [5.74, 6) is 0. The maximum atomic E-state index is 6.29. The van der Waals surface area contributed by atoms with Crippen molar-refractivity contribution < 1.29 is 0 Å². The maximum absolute atomic E-state index is 6.29. The molecule has 0 saturated heterocycles. The van der Waals surface area contributed by atoms with Crippen molar-refractivity contribution in [3.63, 3.8) is 0 Å². The third-order valence-electron chi connectivity index (χ3n) is 3.41. The predicted molar refractivity (Wildman–Crippen MR) is 92.0 cm³/mol. The van der Waals surface area contributed by atoms with Crippen LogP contribution in [0, 0.1) is 0 Å². The molecule has 2 aromatic carbocycles. The molecule has 0 nitrogen and oxygen atoms in total. The van der Waals surface area contributed by atoms with Crippen LogP contribution in [0.5, 0.6) is 0 Å². The molecule has 20 heavy (non-hydrogen) atoms. The summed E-state index contributed by atoms with van der Waals surface area (Å²) in [4.78, 5) is 0. The Labute approximate surface area is 135 Å². The van der Waals surface area contributed by atoms with Gasteiger partial charge in [0.15, 0.2) is 0 Å². The van der Waals surface area contributed by atoms with Gasteiger partial charge in [-0.2, -0.15) is 0 Å².